The summed E-state index contributed by atoms with van der Waals surface area (Å²) in [6.45, 7) is 3.43. The lowest BCUT2D eigenvalue weighted by atomic mass is 10.0. The monoisotopic (exact) mass is 337 g/mol. The van der Waals surface area contributed by atoms with Gasteiger partial charge in [-0.3, -0.25) is 4.79 Å². The van der Waals surface area contributed by atoms with Gasteiger partial charge in [-0.1, -0.05) is 12.1 Å². The van der Waals surface area contributed by atoms with E-state index < -0.39 is 0 Å². The molecule has 1 aliphatic rings. The molecule has 0 aliphatic carbocycles. The molecule has 0 spiro atoms. The van der Waals surface area contributed by atoms with Crippen molar-refractivity contribution in [2.75, 3.05) is 13.1 Å². The highest BCUT2D eigenvalue weighted by atomic mass is 16.2. The van der Waals surface area contributed by atoms with Gasteiger partial charge in [-0.05, 0) is 42.3 Å². The molecule has 25 heavy (non-hydrogen) atoms. The van der Waals surface area contributed by atoms with Crippen molar-refractivity contribution >= 4 is 5.91 Å². The standard InChI is InChI=1S/C17H19N7O/c1-13-18-8-10-23(13)14-5-4-9-22(11-14)17(25)15-6-2-3-7-16(15)24-12-19-20-21-24/h2-3,6-8,10,12,14H,4-5,9,11H2,1H3. The van der Waals surface area contributed by atoms with Crippen LogP contribution in [0.2, 0.25) is 0 Å². The maximum Gasteiger partial charge on any atom is 0.256 e. The van der Waals surface area contributed by atoms with Crippen molar-refractivity contribution in [1.29, 1.82) is 0 Å². The summed E-state index contributed by atoms with van der Waals surface area (Å²) in [4.78, 5) is 19.4. The van der Waals surface area contributed by atoms with Crippen molar-refractivity contribution in [3.8, 4) is 5.69 Å². The first-order valence-electron chi connectivity index (χ1n) is 8.35. The number of hydrogen-bond acceptors (Lipinski definition) is 5. The molecule has 1 unspecified atom stereocenters. The number of imidazole rings is 1. The molecule has 0 N–H and O–H groups in total. The fourth-order valence-electron chi connectivity index (χ4n) is 3.44. The van der Waals surface area contributed by atoms with Gasteiger partial charge in [0.15, 0.2) is 0 Å². The molecule has 1 fully saturated rings. The third-order valence-corrected chi connectivity index (χ3v) is 4.67. The minimum atomic E-state index is 0.00793. The quantitative estimate of drug-likeness (QED) is 0.726. The fraction of sp³-hybridized carbons (Fsp3) is 0.353. The van der Waals surface area contributed by atoms with Gasteiger partial charge in [-0.2, -0.15) is 4.68 Å². The average Bonchev–Trinajstić information content (AvgIpc) is 3.33. The van der Waals surface area contributed by atoms with E-state index in [1.54, 1.807) is 0 Å². The van der Waals surface area contributed by atoms with Crippen LogP contribution in [0.1, 0.15) is 35.1 Å². The van der Waals surface area contributed by atoms with Gasteiger partial charge in [0.25, 0.3) is 5.91 Å². The largest absolute Gasteiger partial charge is 0.337 e. The molecule has 0 radical (unpaired) electrons. The molecular formula is C17H19N7O. The molecule has 3 heterocycles. The van der Waals surface area contributed by atoms with Gasteiger partial charge in [0.1, 0.15) is 12.2 Å². The molecule has 1 amide bonds. The van der Waals surface area contributed by atoms with E-state index in [9.17, 15) is 4.79 Å². The first-order valence-corrected chi connectivity index (χ1v) is 8.35. The predicted octanol–water partition coefficient (Wildman–Crippen LogP) is 1.64. The van der Waals surface area contributed by atoms with E-state index in [1.165, 1.54) is 11.0 Å². The minimum absolute atomic E-state index is 0.00793. The smallest absolute Gasteiger partial charge is 0.256 e. The number of carbonyl (C=O) groups is 1. The van der Waals surface area contributed by atoms with Gasteiger partial charge >= 0.3 is 0 Å². The zero-order chi connectivity index (χ0) is 17.2. The van der Waals surface area contributed by atoms with Crippen molar-refractivity contribution < 1.29 is 4.79 Å². The summed E-state index contributed by atoms with van der Waals surface area (Å²) in [6.07, 6.45) is 7.32. The van der Waals surface area contributed by atoms with Crippen LogP contribution in [-0.4, -0.2) is 53.7 Å². The molecular weight excluding hydrogens is 318 g/mol. The number of rotatable bonds is 3. The first-order chi connectivity index (χ1) is 12.2. The van der Waals surface area contributed by atoms with Crippen LogP contribution in [0, 0.1) is 6.92 Å². The Morgan fingerprint density at radius 1 is 1.28 bits per heavy atom. The molecule has 3 aromatic rings. The summed E-state index contributed by atoms with van der Waals surface area (Å²) in [6, 6.07) is 7.68. The van der Waals surface area contributed by atoms with Crippen LogP contribution in [0.4, 0.5) is 0 Å². The van der Waals surface area contributed by atoms with Crippen LogP contribution >= 0.6 is 0 Å². The highest BCUT2D eigenvalue weighted by molar-refractivity contribution is 5.97. The summed E-state index contributed by atoms with van der Waals surface area (Å²) in [5.74, 6) is 0.988. The second kappa shape index (κ2) is 6.46. The lowest BCUT2D eigenvalue weighted by molar-refractivity contribution is 0.0678. The van der Waals surface area contributed by atoms with Crippen molar-refractivity contribution in [2.24, 2.45) is 0 Å². The summed E-state index contributed by atoms with van der Waals surface area (Å²) < 4.78 is 3.68. The van der Waals surface area contributed by atoms with Crippen molar-refractivity contribution in [1.82, 2.24) is 34.7 Å². The van der Waals surface area contributed by atoms with Gasteiger partial charge in [0.05, 0.1) is 17.3 Å². The first kappa shape index (κ1) is 15.5. The van der Waals surface area contributed by atoms with E-state index in [1.807, 2.05) is 48.5 Å². The van der Waals surface area contributed by atoms with Crippen LogP contribution in [0.3, 0.4) is 0 Å². The molecule has 4 rings (SSSR count). The zero-order valence-corrected chi connectivity index (χ0v) is 14.0. The van der Waals surface area contributed by atoms with Crippen LogP contribution in [0.5, 0.6) is 0 Å². The Bertz CT molecular complexity index is 871. The van der Waals surface area contributed by atoms with Gasteiger partial charge in [-0.15, -0.1) is 5.10 Å². The second-order valence-electron chi connectivity index (χ2n) is 6.20. The third kappa shape index (κ3) is 2.90. The van der Waals surface area contributed by atoms with E-state index in [0.29, 0.717) is 17.8 Å². The lowest BCUT2D eigenvalue weighted by Crippen LogP contribution is -2.41. The van der Waals surface area contributed by atoms with E-state index in [-0.39, 0.29) is 11.9 Å². The van der Waals surface area contributed by atoms with Crippen LogP contribution in [0.15, 0.2) is 43.0 Å². The Kier molecular flexibility index (Phi) is 4.01. The summed E-state index contributed by atoms with van der Waals surface area (Å²) in [7, 11) is 0. The highest BCUT2D eigenvalue weighted by Crippen LogP contribution is 2.25. The van der Waals surface area contributed by atoms with E-state index in [0.717, 1.165) is 25.2 Å². The summed E-state index contributed by atoms with van der Waals surface area (Å²) in [5.41, 5.74) is 1.30. The van der Waals surface area contributed by atoms with Gasteiger partial charge in [0.2, 0.25) is 0 Å². The number of benzene rings is 1. The number of amides is 1. The number of carbonyl (C=O) groups excluding carboxylic acids is 1. The Morgan fingerprint density at radius 2 is 2.16 bits per heavy atom. The number of aryl methyl sites for hydroxylation is 1. The van der Waals surface area contributed by atoms with E-state index >= 15 is 0 Å². The number of para-hydroxylation sites is 1. The topological polar surface area (TPSA) is 81.7 Å². The second-order valence-corrected chi connectivity index (χ2v) is 6.20. The predicted molar refractivity (Wildman–Crippen MR) is 90.3 cm³/mol. The Hall–Kier alpha value is -3.03. The number of nitrogens with zero attached hydrogens (tertiary/aromatic N) is 7. The molecule has 8 nitrogen and oxygen atoms in total. The van der Waals surface area contributed by atoms with Crippen LogP contribution < -0.4 is 0 Å². The zero-order valence-electron chi connectivity index (χ0n) is 14.0. The average molecular weight is 337 g/mol. The van der Waals surface area contributed by atoms with Gasteiger partial charge < -0.3 is 9.47 Å². The number of hydrogen-bond donors (Lipinski definition) is 0. The molecule has 0 saturated carbocycles. The summed E-state index contributed by atoms with van der Waals surface area (Å²) in [5, 5.41) is 11.2. The Labute approximate surface area is 145 Å². The number of aromatic nitrogens is 6. The van der Waals surface area contributed by atoms with Gasteiger partial charge in [-0.25, -0.2) is 4.98 Å². The molecule has 1 saturated heterocycles. The molecule has 1 aromatic carbocycles. The third-order valence-electron chi connectivity index (χ3n) is 4.67. The fourth-order valence-corrected chi connectivity index (χ4v) is 3.44. The Morgan fingerprint density at radius 3 is 2.92 bits per heavy atom. The van der Waals surface area contributed by atoms with E-state index in [4.69, 9.17) is 0 Å². The number of piperidine rings is 1. The molecule has 8 heteroatoms. The SMILES string of the molecule is Cc1nccn1C1CCCN(C(=O)c2ccccc2-n2cnnn2)C1. The van der Waals surface area contributed by atoms with Crippen LogP contribution in [-0.2, 0) is 0 Å². The van der Waals surface area contributed by atoms with Crippen molar-refractivity contribution in [2.45, 2.75) is 25.8 Å². The maximum absolute atomic E-state index is 13.1. The van der Waals surface area contributed by atoms with Gasteiger partial charge in [0, 0.05) is 25.5 Å². The minimum Gasteiger partial charge on any atom is -0.337 e. The maximum atomic E-state index is 13.1. The lowest BCUT2D eigenvalue weighted by Gasteiger charge is -2.34. The number of likely N-dealkylation sites (tertiary alicyclic amines) is 1. The Balaban J connectivity index is 1.60. The van der Waals surface area contributed by atoms with Crippen molar-refractivity contribution in [3.05, 3.63) is 54.4 Å². The summed E-state index contributed by atoms with van der Waals surface area (Å²) >= 11 is 0. The molecule has 1 aliphatic heterocycles. The van der Waals surface area contributed by atoms with Crippen LogP contribution in [0.25, 0.3) is 5.69 Å². The molecule has 1 atom stereocenters. The number of tetrazole rings is 1. The van der Waals surface area contributed by atoms with Crippen molar-refractivity contribution in [3.63, 3.8) is 0 Å². The molecule has 2 aromatic heterocycles. The highest BCUT2D eigenvalue weighted by Gasteiger charge is 2.27. The van der Waals surface area contributed by atoms with E-state index in [2.05, 4.69) is 25.1 Å². The molecule has 128 valence electrons. The normalized spacial score (nSPS) is 17.6. The molecule has 0 bridgehead atoms.